The lowest BCUT2D eigenvalue weighted by molar-refractivity contribution is -0.145. The quantitative estimate of drug-likeness (QED) is 0.924. The van der Waals surface area contributed by atoms with Crippen LogP contribution in [0.15, 0.2) is 12.1 Å². The highest BCUT2D eigenvalue weighted by Crippen LogP contribution is 2.39. The number of aliphatic carboxylic acids is 1. The van der Waals surface area contributed by atoms with Crippen molar-refractivity contribution in [2.45, 2.75) is 13.5 Å². The Bertz CT molecular complexity index is 557. The number of carboxylic acids is 1. The van der Waals surface area contributed by atoms with Crippen LogP contribution in [0.1, 0.15) is 12.5 Å². The lowest BCUT2D eigenvalue weighted by atomic mass is 9.87. The number of carbonyl (C=O) groups is 1. The number of hydrogen-bond acceptors (Lipinski definition) is 4. The Morgan fingerprint density at radius 2 is 2.14 bits per heavy atom. The number of fused-ring (bicyclic) bond motifs is 1. The zero-order valence-corrected chi connectivity index (χ0v) is 12.6. The van der Waals surface area contributed by atoms with Gasteiger partial charge in [0.15, 0.2) is 11.5 Å². The molecule has 2 aliphatic heterocycles. The van der Waals surface area contributed by atoms with Crippen molar-refractivity contribution in [3.63, 3.8) is 0 Å². The van der Waals surface area contributed by atoms with Gasteiger partial charge in [0.1, 0.15) is 13.2 Å². The lowest BCUT2D eigenvalue weighted by Gasteiger charge is -2.41. The molecule has 0 aliphatic carbocycles. The molecule has 0 bridgehead atoms. The molecule has 3 rings (SSSR count). The van der Waals surface area contributed by atoms with Gasteiger partial charge in [-0.25, -0.2) is 0 Å². The maximum Gasteiger partial charge on any atom is 0.306 e. The molecule has 1 aromatic carbocycles. The Labute approximate surface area is 128 Å². The normalized spacial score (nSPS) is 19.9. The van der Waals surface area contributed by atoms with Crippen LogP contribution in [0.2, 0.25) is 5.02 Å². The summed E-state index contributed by atoms with van der Waals surface area (Å²) in [4.78, 5) is 13.2. The fourth-order valence-corrected chi connectivity index (χ4v) is 3.06. The third-order valence-electron chi connectivity index (χ3n) is 4.14. The molecule has 0 spiro atoms. The summed E-state index contributed by atoms with van der Waals surface area (Å²) >= 11 is 6.21. The standard InChI is InChI=1S/C15H18ClNO4/c1-9(15(18)19)11-7-17(8-11)6-10-4-12(16)14-13(5-10)20-2-3-21-14/h4-5,9,11H,2-3,6-8H2,1H3,(H,18,19). The van der Waals surface area contributed by atoms with E-state index in [9.17, 15) is 4.79 Å². The van der Waals surface area contributed by atoms with Crippen LogP contribution >= 0.6 is 11.6 Å². The highest BCUT2D eigenvalue weighted by Gasteiger charge is 2.34. The first-order valence-electron chi connectivity index (χ1n) is 7.08. The molecule has 1 atom stereocenters. The minimum absolute atomic E-state index is 0.232. The topological polar surface area (TPSA) is 59.0 Å². The summed E-state index contributed by atoms with van der Waals surface area (Å²) in [5.74, 6) is 0.537. The van der Waals surface area contributed by atoms with Gasteiger partial charge in [-0.2, -0.15) is 0 Å². The monoisotopic (exact) mass is 311 g/mol. The number of likely N-dealkylation sites (tertiary alicyclic amines) is 1. The smallest absolute Gasteiger partial charge is 0.306 e. The van der Waals surface area contributed by atoms with Gasteiger partial charge in [-0.05, 0) is 23.6 Å². The number of nitrogens with zero attached hydrogens (tertiary/aromatic N) is 1. The van der Waals surface area contributed by atoms with E-state index in [0.717, 1.165) is 25.2 Å². The van der Waals surface area contributed by atoms with Gasteiger partial charge in [0.25, 0.3) is 0 Å². The Morgan fingerprint density at radius 3 is 2.86 bits per heavy atom. The predicted octanol–water partition coefficient (Wildman–Crippen LogP) is 2.26. The fourth-order valence-electron chi connectivity index (χ4n) is 2.77. The molecule has 1 unspecified atom stereocenters. The Morgan fingerprint density at radius 1 is 1.43 bits per heavy atom. The number of halogens is 1. The van der Waals surface area contributed by atoms with Crippen LogP contribution in [-0.4, -0.2) is 42.3 Å². The number of benzene rings is 1. The lowest BCUT2D eigenvalue weighted by Crippen LogP contribution is -2.50. The Kier molecular flexibility index (Phi) is 3.95. The van der Waals surface area contributed by atoms with Crippen molar-refractivity contribution in [2.75, 3.05) is 26.3 Å². The van der Waals surface area contributed by atoms with Crippen LogP contribution in [0.25, 0.3) is 0 Å². The van der Waals surface area contributed by atoms with E-state index in [1.165, 1.54) is 0 Å². The third-order valence-corrected chi connectivity index (χ3v) is 4.43. The van der Waals surface area contributed by atoms with Crippen LogP contribution in [0.5, 0.6) is 11.5 Å². The minimum atomic E-state index is -0.720. The molecule has 1 aromatic rings. The van der Waals surface area contributed by atoms with Gasteiger partial charge in [0, 0.05) is 19.6 Å². The molecule has 6 heteroatoms. The number of rotatable bonds is 4. The van der Waals surface area contributed by atoms with Gasteiger partial charge < -0.3 is 14.6 Å². The maximum atomic E-state index is 10.9. The third kappa shape index (κ3) is 2.94. The zero-order valence-electron chi connectivity index (χ0n) is 11.8. The molecule has 5 nitrogen and oxygen atoms in total. The minimum Gasteiger partial charge on any atom is -0.486 e. The van der Waals surface area contributed by atoms with Crippen LogP contribution in [0.4, 0.5) is 0 Å². The van der Waals surface area contributed by atoms with Crippen LogP contribution in [0, 0.1) is 11.8 Å². The molecule has 114 valence electrons. The molecule has 1 fully saturated rings. The molecule has 1 saturated heterocycles. The summed E-state index contributed by atoms with van der Waals surface area (Å²) in [5, 5.41) is 9.56. The summed E-state index contributed by atoms with van der Waals surface area (Å²) in [6.07, 6.45) is 0. The molecule has 0 aromatic heterocycles. The summed E-state index contributed by atoms with van der Waals surface area (Å²) in [5.41, 5.74) is 1.06. The van der Waals surface area contributed by atoms with Gasteiger partial charge >= 0.3 is 5.97 Å². The maximum absolute atomic E-state index is 10.9. The Balaban J connectivity index is 1.62. The molecule has 0 saturated carbocycles. The van der Waals surface area contributed by atoms with E-state index in [-0.39, 0.29) is 11.8 Å². The molecule has 2 heterocycles. The van der Waals surface area contributed by atoms with E-state index in [4.69, 9.17) is 26.2 Å². The molecule has 0 amide bonds. The van der Waals surface area contributed by atoms with Crippen molar-refractivity contribution < 1.29 is 19.4 Å². The molecule has 2 aliphatic rings. The van der Waals surface area contributed by atoms with Crippen molar-refractivity contribution in [3.05, 3.63) is 22.7 Å². The second-order valence-electron chi connectivity index (χ2n) is 5.68. The van der Waals surface area contributed by atoms with Gasteiger partial charge in [-0.3, -0.25) is 9.69 Å². The van der Waals surface area contributed by atoms with Gasteiger partial charge in [-0.15, -0.1) is 0 Å². The van der Waals surface area contributed by atoms with Gasteiger partial charge in [0.2, 0.25) is 0 Å². The average Bonchev–Trinajstić information content (AvgIpc) is 2.41. The fraction of sp³-hybridized carbons (Fsp3) is 0.533. The second-order valence-corrected chi connectivity index (χ2v) is 6.09. The van der Waals surface area contributed by atoms with Gasteiger partial charge in [0.05, 0.1) is 10.9 Å². The highest BCUT2D eigenvalue weighted by atomic mass is 35.5. The predicted molar refractivity (Wildman–Crippen MR) is 78.0 cm³/mol. The van der Waals surface area contributed by atoms with E-state index >= 15 is 0 Å². The van der Waals surface area contributed by atoms with Crippen molar-refractivity contribution in [1.82, 2.24) is 4.90 Å². The summed E-state index contributed by atoms with van der Waals surface area (Å²) in [6.45, 7) is 5.19. The SMILES string of the molecule is CC(C(=O)O)C1CN(Cc2cc(Cl)c3c(c2)OCCO3)C1. The number of hydrogen-bond donors (Lipinski definition) is 1. The van der Waals surface area contributed by atoms with E-state index in [1.807, 2.05) is 12.1 Å². The van der Waals surface area contributed by atoms with E-state index in [1.54, 1.807) is 6.92 Å². The van der Waals surface area contributed by atoms with Crippen molar-refractivity contribution in [1.29, 1.82) is 0 Å². The van der Waals surface area contributed by atoms with Crippen LogP contribution in [-0.2, 0) is 11.3 Å². The summed E-state index contributed by atoms with van der Waals surface area (Å²) < 4.78 is 11.1. The van der Waals surface area contributed by atoms with Crippen molar-refractivity contribution >= 4 is 17.6 Å². The molecule has 21 heavy (non-hydrogen) atoms. The van der Waals surface area contributed by atoms with Crippen molar-refractivity contribution in [2.24, 2.45) is 11.8 Å². The molecular formula is C15H18ClNO4. The first kappa shape index (κ1) is 14.5. The summed E-state index contributed by atoms with van der Waals surface area (Å²) in [6, 6.07) is 3.84. The van der Waals surface area contributed by atoms with Crippen LogP contribution < -0.4 is 9.47 Å². The molecule has 1 N–H and O–H groups in total. The molecule has 0 radical (unpaired) electrons. The number of carboxylic acid groups (broad SMARTS) is 1. The van der Waals surface area contributed by atoms with Gasteiger partial charge in [-0.1, -0.05) is 18.5 Å². The Hall–Kier alpha value is -1.46. The van der Waals surface area contributed by atoms with E-state index < -0.39 is 5.97 Å². The van der Waals surface area contributed by atoms with E-state index in [2.05, 4.69) is 4.90 Å². The number of ether oxygens (including phenoxy) is 2. The van der Waals surface area contributed by atoms with Crippen molar-refractivity contribution in [3.8, 4) is 11.5 Å². The zero-order chi connectivity index (χ0) is 15.0. The largest absolute Gasteiger partial charge is 0.486 e. The van der Waals surface area contributed by atoms with E-state index in [0.29, 0.717) is 29.7 Å². The first-order chi connectivity index (χ1) is 10.0. The molecular weight excluding hydrogens is 294 g/mol. The van der Waals surface area contributed by atoms with Crippen LogP contribution in [0.3, 0.4) is 0 Å². The first-order valence-corrected chi connectivity index (χ1v) is 7.45. The second kappa shape index (κ2) is 5.73. The average molecular weight is 312 g/mol. The highest BCUT2D eigenvalue weighted by molar-refractivity contribution is 6.32. The summed E-state index contributed by atoms with van der Waals surface area (Å²) in [7, 11) is 0.